The second kappa shape index (κ2) is 5.29. The number of alkyl halides is 2. The van der Waals surface area contributed by atoms with Crippen LogP contribution in [0.3, 0.4) is 0 Å². The van der Waals surface area contributed by atoms with Gasteiger partial charge in [-0.3, -0.25) is 4.79 Å². The predicted molar refractivity (Wildman–Crippen MR) is 60.8 cm³/mol. The molecule has 0 amide bonds. The van der Waals surface area contributed by atoms with Gasteiger partial charge in [0.25, 0.3) is 0 Å². The molecule has 1 aromatic rings. The molecule has 1 aromatic carbocycles. The highest BCUT2D eigenvalue weighted by Gasteiger charge is 2.22. The van der Waals surface area contributed by atoms with Crippen LogP contribution in [0.15, 0.2) is 10.5 Å². The van der Waals surface area contributed by atoms with Crippen LogP contribution in [-0.2, 0) is 0 Å². The molecule has 0 heterocycles. The number of halogens is 5. The molecule has 1 rings (SSSR count). The Balaban J connectivity index is 3.45. The molecule has 0 aliphatic heterocycles. The minimum absolute atomic E-state index is 0.0224. The lowest BCUT2D eigenvalue weighted by atomic mass is 10.1. The Bertz CT molecular complexity index is 438. The number of benzene rings is 1. The van der Waals surface area contributed by atoms with E-state index < -0.39 is 18.1 Å². The van der Waals surface area contributed by atoms with E-state index in [0.717, 1.165) is 0 Å². The summed E-state index contributed by atoms with van der Waals surface area (Å²) in [6.45, 7) is -1.87. The van der Waals surface area contributed by atoms with Gasteiger partial charge in [-0.25, -0.2) is 0 Å². The molecule has 0 saturated heterocycles. The van der Waals surface area contributed by atoms with Gasteiger partial charge in [0, 0.05) is 4.47 Å². The van der Waals surface area contributed by atoms with Gasteiger partial charge in [0.1, 0.15) is 5.02 Å². The maximum atomic E-state index is 12.2. The Hall–Kier alpha value is -0.390. The zero-order chi connectivity index (χ0) is 12.5. The largest absolute Gasteiger partial charge is 0.432 e. The molecule has 0 aromatic heterocycles. The third kappa shape index (κ3) is 2.84. The van der Waals surface area contributed by atoms with E-state index in [1.165, 1.54) is 13.0 Å². The van der Waals surface area contributed by atoms with Crippen molar-refractivity contribution in [3.05, 3.63) is 26.1 Å². The molecule has 0 bridgehead atoms. The first-order valence-corrected chi connectivity index (χ1v) is 5.52. The summed E-state index contributed by atoms with van der Waals surface area (Å²) in [5, 5.41) is -0.190. The fraction of sp³-hybridized carbons (Fsp3) is 0.222. The summed E-state index contributed by atoms with van der Waals surface area (Å²) < 4.78 is 28.8. The lowest BCUT2D eigenvalue weighted by molar-refractivity contribution is -0.0501. The minimum atomic E-state index is -3.08. The Morgan fingerprint density at radius 1 is 1.50 bits per heavy atom. The van der Waals surface area contributed by atoms with Crippen molar-refractivity contribution in [2.45, 2.75) is 13.5 Å². The summed E-state index contributed by atoms with van der Waals surface area (Å²) in [7, 11) is 0. The normalized spacial score (nSPS) is 10.7. The van der Waals surface area contributed by atoms with Gasteiger partial charge >= 0.3 is 6.61 Å². The zero-order valence-electron chi connectivity index (χ0n) is 7.86. The molecule has 7 heteroatoms. The van der Waals surface area contributed by atoms with E-state index >= 15 is 0 Å². The first kappa shape index (κ1) is 13.7. The molecule has 0 fully saturated rings. The molecule has 0 atom stereocenters. The second-order valence-electron chi connectivity index (χ2n) is 2.79. The van der Waals surface area contributed by atoms with Gasteiger partial charge in [-0.2, -0.15) is 8.78 Å². The van der Waals surface area contributed by atoms with Gasteiger partial charge in [-0.05, 0) is 28.9 Å². The van der Waals surface area contributed by atoms with Crippen LogP contribution in [0.5, 0.6) is 5.75 Å². The number of carbonyl (C=O) groups excluding carboxylic acids is 1. The van der Waals surface area contributed by atoms with Crippen LogP contribution >= 0.6 is 39.1 Å². The fourth-order valence-electron chi connectivity index (χ4n) is 1.10. The molecule has 0 spiro atoms. The highest BCUT2D eigenvalue weighted by Crippen LogP contribution is 2.40. The average Bonchev–Trinajstić information content (AvgIpc) is 2.12. The molecular formula is C9H5BrCl2F2O2. The van der Waals surface area contributed by atoms with Crippen molar-refractivity contribution in [3.63, 3.8) is 0 Å². The maximum absolute atomic E-state index is 12.2. The minimum Gasteiger partial charge on any atom is -0.432 e. The summed E-state index contributed by atoms with van der Waals surface area (Å²) in [6.07, 6.45) is 0. The summed E-state index contributed by atoms with van der Waals surface area (Å²) in [6, 6.07) is 1.35. The van der Waals surface area contributed by atoms with Crippen LogP contribution in [0.25, 0.3) is 0 Å². The zero-order valence-corrected chi connectivity index (χ0v) is 11.0. The van der Waals surface area contributed by atoms with Gasteiger partial charge in [0.05, 0.1) is 10.6 Å². The van der Waals surface area contributed by atoms with Gasteiger partial charge in [0.2, 0.25) is 0 Å². The quantitative estimate of drug-likeness (QED) is 0.598. The number of carbonyl (C=O) groups is 1. The topological polar surface area (TPSA) is 26.3 Å². The number of ketones is 1. The predicted octanol–water partition coefficient (Wildman–Crippen LogP) is 4.56. The number of ether oxygens (including phenoxy) is 1. The fourth-order valence-corrected chi connectivity index (χ4v) is 2.31. The van der Waals surface area contributed by atoms with Crippen LogP contribution in [0.1, 0.15) is 17.3 Å². The summed E-state index contributed by atoms with van der Waals surface area (Å²) in [5.74, 6) is -0.871. The average molecular weight is 334 g/mol. The molecule has 0 radical (unpaired) electrons. The van der Waals surface area contributed by atoms with E-state index in [1.54, 1.807) is 0 Å². The number of hydrogen-bond acceptors (Lipinski definition) is 2. The highest BCUT2D eigenvalue weighted by atomic mass is 79.9. The molecule has 0 saturated carbocycles. The third-order valence-electron chi connectivity index (χ3n) is 1.69. The first-order valence-electron chi connectivity index (χ1n) is 3.97. The molecule has 0 aliphatic carbocycles. The molecule has 88 valence electrons. The van der Waals surface area contributed by atoms with E-state index in [9.17, 15) is 13.6 Å². The summed E-state index contributed by atoms with van der Waals surface area (Å²) >= 11 is 14.4. The molecule has 0 N–H and O–H groups in total. The summed E-state index contributed by atoms with van der Waals surface area (Å²) in [5.41, 5.74) is -0.0605. The Morgan fingerprint density at radius 3 is 2.50 bits per heavy atom. The van der Waals surface area contributed by atoms with Crippen LogP contribution in [0.2, 0.25) is 10.0 Å². The highest BCUT2D eigenvalue weighted by molar-refractivity contribution is 9.10. The van der Waals surface area contributed by atoms with Gasteiger partial charge < -0.3 is 4.74 Å². The first-order chi connectivity index (χ1) is 7.34. The van der Waals surface area contributed by atoms with Crippen molar-refractivity contribution in [1.29, 1.82) is 0 Å². The number of rotatable bonds is 3. The standard InChI is InChI=1S/C9H5BrCl2F2O2/c1-3(15)6-4(10)2-5(11)7(12)8(6)16-9(13)14/h2,9H,1H3. The third-order valence-corrected chi connectivity index (χ3v) is 3.08. The van der Waals surface area contributed by atoms with Gasteiger partial charge in [-0.1, -0.05) is 23.2 Å². The summed E-state index contributed by atoms with van der Waals surface area (Å²) in [4.78, 5) is 11.3. The number of hydrogen-bond donors (Lipinski definition) is 0. The SMILES string of the molecule is CC(=O)c1c(Br)cc(Cl)c(Cl)c1OC(F)F. The van der Waals surface area contributed by atoms with Crippen molar-refractivity contribution in [2.75, 3.05) is 0 Å². The number of Topliss-reactive ketones (excluding diaryl/α,β-unsaturated/α-hetero) is 1. The van der Waals surface area contributed by atoms with Crippen LogP contribution in [0.4, 0.5) is 8.78 Å². The Morgan fingerprint density at radius 2 is 2.06 bits per heavy atom. The monoisotopic (exact) mass is 332 g/mol. The van der Waals surface area contributed by atoms with Gasteiger partial charge in [-0.15, -0.1) is 0 Å². The molecule has 0 unspecified atom stereocenters. The second-order valence-corrected chi connectivity index (χ2v) is 4.43. The lowest BCUT2D eigenvalue weighted by Crippen LogP contribution is -2.08. The Kier molecular flexibility index (Phi) is 4.52. The van der Waals surface area contributed by atoms with Crippen molar-refractivity contribution in [2.24, 2.45) is 0 Å². The molecule has 2 nitrogen and oxygen atoms in total. The van der Waals surface area contributed by atoms with Crippen molar-refractivity contribution in [1.82, 2.24) is 0 Å². The van der Waals surface area contributed by atoms with E-state index in [1.807, 2.05) is 0 Å². The van der Waals surface area contributed by atoms with E-state index in [2.05, 4.69) is 20.7 Å². The van der Waals surface area contributed by atoms with Crippen LogP contribution in [-0.4, -0.2) is 12.4 Å². The molecule has 16 heavy (non-hydrogen) atoms. The van der Waals surface area contributed by atoms with Crippen molar-refractivity contribution >= 4 is 44.9 Å². The van der Waals surface area contributed by atoms with E-state index in [-0.39, 0.29) is 20.1 Å². The smallest absolute Gasteiger partial charge is 0.387 e. The van der Waals surface area contributed by atoms with E-state index in [0.29, 0.717) is 0 Å². The maximum Gasteiger partial charge on any atom is 0.387 e. The molecular weight excluding hydrogens is 329 g/mol. The van der Waals surface area contributed by atoms with Crippen LogP contribution in [0, 0.1) is 0 Å². The lowest BCUT2D eigenvalue weighted by Gasteiger charge is -2.13. The molecule has 0 aliphatic rings. The van der Waals surface area contributed by atoms with E-state index in [4.69, 9.17) is 23.2 Å². The van der Waals surface area contributed by atoms with Crippen LogP contribution < -0.4 is 4.74 Å². The van der Waals surface area contributed by atoms with Gasteiger partial charge in [0.15, 0.2) is 11.5 Å². The van der Waals surface area contributed by atoms with Crippen molar-refractivity contribution in [3.8, 4) is 5.75 Å². The van der Waals surface area contributed by atoms with Crippen molar-refractivity contribution < 1.29 is 18.3 Å². The Labute approximate surface area is 109 Å².